The van der Waals surface area contributed by atoms with Crippen LogP contribution in [0.3, 0.4) is 0 Å². The SMILES string of the molecule is C#CCOc1c(Cl)cc(/C=c2\sc3n(c2=O)[C@H](c2ccc(OC)cc2OC)C(C(=O)OCC)=C(C)N=3)cc1OC. The van der Waals surface area contributed by atoms with Crippen LogP contribution in [0, 0.1) is 12.3 Å². The highest BCUT2D eigenvalue weighted by Gasteiger charge is 2.35. The smallest absolute Gasteiger partial charge is 0.338 e. The monoisotopic (exact) mass is 582 g/mol. The molecule has 0 N–H and O–H groups in total. The number of fused-ring (bicyclic) bond motifs is 1. The van der Waals surface area contributed by atoms with E-state index in [1.54, 1.807) is 57.4 Å². The number of nitrogens with zero attached hydrogens (tertiary/aromatic N) is 2. The average molecular weight is 583 g/mol. The van der Waals surface area contributed by atoms with Crippen molar-refractivity contribution >= 4 is 35.0 Å². The zero-order chi connectivity index (χ0) is 29.0. The Morgan fingerprint density at radius 2 is 1.93 bits per heavy atom. The second-order valence-electron chi connectivity index (χ2n) is 8.44. The van der Waals surface area contributed by atoms with E-state index in [2.05, 4.69) is 10.9 Å². The maximum absolute atomic E-state index is 13.9. The van der Waals surface area contributed by atoms with Gasteiger partial charge >= 0.3 is 5.97 Å². The molecule has 4 rings (SSSR count). The van der Waals surface area contributed by atoms with Crippen LogP contribution in [0.1, 0.15) is 31.0 Å². The molecule has 0 fully saturated rings. The van der Waals surface area contributed by atoms with Crippen molar-refractivity contribution in [2.24, 2.45) is 4.99 Å². The van der Waals surface area contributed by atoms with E-state index in [1.807, 2.05) is 0 Å². The van der Waals surface area contributed by atoms with Crippen molar-refractivity contribution < 1.29 is 28.5 Å². The molecule has 1 aliphatic heterocycles. The standard InChI is InChI=1S/C29H27ClN2O7S/c1-7-11-39-26-20(30)12-17(13-22(26)37-6)14-23-27(33)32-25(19-10-9-18(35-4)15-21(19)36-5)24(28(34)38-8-2)16(3)31-29(32)40-23/h1,9-10,12-15,25H,8,11H2,2-6H3/b23-14-/t25-/m1/s1. The molecule has 11 heteroatoms. The molecule has 2 aromatic carbocycles. The van der Waals surface area contributed by atoms with E-state index in [4.69, 9.17) is 41.7 Å². The number of allylic oxidation sites excluding steroid dienone is 1. The Labute approximate surface area is 239 Å². The predicted molar refractivity (Wildman–Crippen MR) is 152 cm³/mol. The summed E-state index contributed by atoms with van der Waals surface area (Å²) in [5.41, 5.74) is 1.50. The van der Waals surface area contributed by atoms with Gasteiger partial charge in [0.1, 0.15) is 24.1 Å². The minimum absolute atomic E-state index is 0.0188. The van der Waals surface area contributed by atoms with Gasteiger partial charge in [-0.2, -0.15) is 0 Å². The summed E-state index contributed by atoms with van der Waals surface area (Å²) in [7, 11) is 4.53. The number of aromatic nitrogens is 1. The minimum Gasteiger partial charge on any atom is -0.497 e. The van der Waals surface area contributed by atoms with Crippen molar-refractivity contribution in [1.82, 2.24) is 4.57 Å². The van der Waals surface area contributed by atoms with Gasteiger partial charge in [-0.25, -0.2) is 9.79 Å². The first kappa shape index (κ1) is 28.8. The fraction of sp³-hybridized carbons (Fsp3) is 0.276. The highest BCUT2D eigenvalue weighted by molar-refractivity contribution is 7.07. The van der Waals surface area contributed by atoms with E-state index in [1.165, 1.54) is 30.1 Å². The zero-order valence-corrected chi connectivity index (χ0v) is 24.1. The molecule has 0 radical (unpaired) electrons. The van der Waals surface area contributed by atoms with Gasteiger partial charge in [0.25, 0.3) is 5.56 Å². The molecule has 0 bridgehead atoms. The summed E-state index contributed by atoms with van der Waals surface area (Å²) in [5.74, 6) is 3.49. The van der Waals surface area contributed by atoms with Gasteiger partial charge in [-0.3, -0.25) is 9.36 Å². The minimum atomic E-state index is -0.851. The summed E-state index contributed by atoms with van der Waals surface area (Å²) in [6, 6.07) is 7.68. The summed E-state index contributed by atoms with van der Waals surface area (Å²) in [6.07, 6.45) is 6.97. The fourth-order valence-corrected chi connectivity index (χ4v) is 5.68. The Balaban J connectivity index is 1.95. The number of benzene rings is 2. The third-order valence-corrected chi connectivity index (χ3v) is 7.37. The number of methoxy groups -OCH3 is 3. The summed E-state index contributed by atoms with van der Waals surface area (Å²) in [5, 5.41) is 0.273. The number of thiazole rings is 1. The average Bonchev–Trinajstić information content (AvgIpc) is 3.24. The first-order chi connectivity index (χ1) is 19.3. The lowest BCUT2D eigenvalue weighted by atomic mass is 9.95. The Hall–Kier alpha value is -4.20. The quantitative estimate of drug-likeness (QED) is 0.281. The van der Waals surface area contributed by atoms with Crippen LogP contribution in [0.15, 0.2) is 51.4 Å². The molecule has 208 valence electrons. The summed E-state index contributed by atoms with van der Waals surface area (Å²) in [4.78, 5) is 32.1. The molecule has 0 spiro atoms. The Morgan fingerprint density at radius 3 is 2.58 bits per heavy atom. The van der Waals surface area contributed by atoms with E-state index in [9.17, 15) is 9.59 Å². The largest absolute Gasteiger partial charge is 0.497 e. The molecular weight excluding hydrogens is 556 g/mol. The predicted octanol–water partition coefficient (Wildman–Crippen LogP) is 3.49. The van der Waals surface area contributed by atoms with Crippen LogP contribution in [0.4, 0.5) is 0 Å². The van der Waals surface area contributed by atoms with E-state index < -0.39 is 12.0 Å². The van der Waals surface area contributed by atoms with Crippen molar-refractivity contribution in [3.63, 3.8) is 0 Å². The van der Waals surface area contributed by atoms with E-state index in [0.29, 0.717) is 49.2 Å². The lowest BCUT2D eigenvalue weighted by Crippen LogP contribution is -2.40. The molecule has 9 nitrogen and oxygen atoms in total. The number of rotatable bonds is 9. The summed E-state index contributed by atoms with van der Waals surface area (Å²) < 4.78 is 29.1. The first-order valence-corrected chi connectivity index (χ1v) is 13.3. The number of carbonyl (C=O) groups is 1. The van der Waals surface area contributed by atoms with Crippen molar-refractivity contribution in [3.05, 3.63) is 77.4 Å². The van der Waals surface area contributed by atoms with Gasteiger partial charge in [-0.15, -0.1) is 6.42 Å². The van der Waals surface area contributed by atoms with Gasteiger partial charge in [-0.1, -0.05) is 28.9 Å². The van der Waals surface area contributed by atoms with Gasteiger partial charge in [-0.05, 0) is 49.8 Å². The number of terminal acetylenes is 1. The topological polar surface area (TPSA) is 97.6 Å². The molecule has 1 aromatic heterocycles. The van der Waals surface area contributed by atoms with Crippen LogP contribution in [-0.2, 0) is 9.53 Å². The van der Waals surface area contributed by atoms with Crippen molar-refractivity contribution in [2.75, 3.05) is 34.5 Å². The van der Waals surface area contributed by atoms with Crippen LogP contribution in [0.25, 0.3) is 6.08 Å². The molecule has 0 aliphatic carbocycles. The summed E-state index contributed by atoms with van der Waals surface area (Å²) in [6.45, 7) is 3.61. The molecule has 1 atom stereocenters. The first-order valence-electron chi connectivity index (χ1n) is 12.1. The number of carbonyl (C=O) groups excluding carboxylic acids is 1. The Bertz CT molecular complexity index is 1720. The lowest BCUT2D eigenvalue weighted by molar-refractivity contribution is -0.139. The highest BCUT2D eigenvalue weighted by Crippen LogP contribution is 2.38. The molecule has 3 aromatic rings. The summed E-state index contributed by atoms with van der Waals surface area (Å²) >= 11 is 7.63. The molecule has 0 saturated heterocycles. The number of halogens is 1. The maximum Gasteiger partial charge on any atom is 0.338 e. The highest BCUT2D eigenvalue weighted by atomic mass is 35.5. The van der Waals surface area contributed by atoms with Crippen LogP contribution in [0.5, 0.6) is 23.0 Å². The van der Waals surface area contributed by atoms with Crippen LogP contribution < -0.4 is 33.8 Å². The molecule has 0 unspecified atom stereocenters. The van der Waals surface area contributed by atoms with Crippen LogP contribution in [0.2, 0.25) is 5.02 Å². The Kier molecular flexibility index (Phi) is 8.87. The van der Waals surface area contributed by atoms with Crippen molar-refractivity contribution in [2.45, 2.75) is 19.9 Å². The molecule has 40 heavy (non-hydrogen) atoms. The maximum atomic E-state index is 13.9. The number of esters is 1. The van der Waals surface area contributed by atoms with Gasteiger partial charge in [0.15, 0.2) is 16.3 Å². The van der Waals surface area contributed by atoms with Gasteiger partial charge in [0, 0.05) is 11.6 Å². The van der Waals surface area contributed by atoms with Crippen LogP contribution >= 0.6 is 22.9 Å². The van der Waals surface area contributed by atoms with E-state index >= 15 is 0 Å². The van der Waals surface area contributed by atoms with Gasteiger partial charge < -0.3 is 23.7 Å². The molecule has 0 amide bonds. The van der Waals surface area contributed by atoms with E-state index in [-0.39, 0.29) is 29.4 Å². The molecule has 2 heterocycles. The zero-order valence-electron chi connectivity index (χ0n) is 22.6. The third kappa shape index (κ3) is 5.43. The second kappa shape index (κ2) is 12.3. The molecular formula is C29H27ClN2O7S. The van der Waals surface area contributed by atoms with Crippen LogP contribution in [-0.4, -0.2) is 45.1 Å². The molecule has 0 saturated carbocycles. The van der Waals surface area contributed by atoms with Crippen molar-refractivity contribution in [1.29, 1.82) is 0 Å². The fourth-order valence-electron chi connectivity index (χ4n) is 4.36. The number of hydrogen-bond acceptors (Lipinski definition) is 9. The third-order valence-electron chi connectivity index (χ3n) is 6.10. The van der Waals surface area contributed by atoms with Gasteiger partial charge in [0.2, 0.25) is 0 Å². The van der Waals surface area contributed by atoms with Gasteiger partial charge in [0.05, 0.1) is 48.8 Å². The van der Waals surface area contributed by atoms with Crippen molar-refractivity contribution in [3.8, 4) is 35.3 Å². The number of ether oxygens (including phenoxy) is 5. The Morgan fingerprint density at radius 1 is 1.18 bits per heavy atom. The lowest BCUT2D eigenvalue weighted by Gasteiger charge is -2.26. The van der Waals surface area contributed by atoms with E-state index in [0.717, 1.165) is 0 Å². The normalized spacial score (nSPS) is 14.6. The second-order valence-corrected chi connectivity index (χ2v) is 9.85. The number of hydrogen-bond donors (Lipinski definition) is 0. The molecule has 1 aliphatic rings.